The molecule has 0 radical (unpaired) electrons. The van der Waals surface area contributed by atoms with Crippen LogP contribution < -0.4 is 10.6 Å². The minimum Gasteiger partial charge on any atom is -0.444 e. The van der Waals surface area contributed by atoms with Crippen LogP contribution in [0.5, 0.6) is 0 Å². The summed E-state index contributed by atoms with van der Waals surface area (Å²) in [5.41, 5.74) is 0.473. The van der Waals surface area contributed by atoms with Crippen LogP contribution in [0.4, 0.5) is 10.6 Å². The zero-order valence-corrected chi connectivity index (χ0v) is 27.6. The third kappa shape index (κ3) is 5.50. The number of aromatic nitrogens is 2. The number of thioether (sulfide) groups is 1. The zero-order valence-electron chi connectivity index (χ0n) is 24.4. The average Bonchev–Trinajstić information content (AvgIpc) is 2.88. The first-order valence-electron chi connectivity index (χ1n) is 14.5. The number of benzene rings is 1. The summed E-state index contributed by atoms with van der Waals surface area (Å²) in [4.78, 5) is 39.0. The Bertz CT molecular complexity index is 1420. The van der Waals surface area contributed by atoms with Crippen LogP contribution >= 0.6 is 39.3 Å². The number of halogens is 2. The molecule has 1 amide bonds. The van der Waals surface area contributed by atoms with Gasteiger partial charge in [0.1, 0.15) is 11.4 Å². The number of piperidine rings is 1. The first kappa shape index (κ1) is 29.5. The van der Waals surface area contributed by atoms with E-state index in [1.807, 2.05) is 38.3 Å². The molecule has 0 N–H and O–H groups in total. The number of likely N-dealkylation sites (tertiary alicyclic amines) is 1. The summed E-state index contributed by atoms with van der Waals surface area (Å²) in [6.07, 6.45) is 1.98. The van der Waals surface area contributed by atoms with Gasteiger partial charge in [-0.2, -0.15) is 4.98 Å². The number of rotatable bonds is 3. The molecule has 0 unspecified atom stereocenters. The van der Waals surface area contributed by atoms with Crippen molar-refractivity contribution in [2.24, 2.45) is 5.41 Å². The Hall–Kier alpha value is -1.53. The summed E-state index contributed by atoms with van der Waals surface area (Å²) >= 11 is 12.2. The highest BCUT2D eigenvalue weighted by molar-refractivity contribution is 9.10. The predicted molar refractivity (Wildman–Crippen MR) is 167 cm³/mol. The van der Waals surface area contributed by atoms with Crippen LogP contribution in [0, 0.1) is 5.41 Å². The quantitative estimate of drug-likeness (QED) is 0.430. The maximum atomic E-state index is 13.9. The number of carbonyl (C=O) groups is 1. The van der Waals surface area contributed by atoms with Gasteiger partial charge < -0.3 is 24.2 Å². The summed E-state index contributed by atoms with van der Waals surface area (Å²) < 4.78 is 13.9. The van der Waals surface area contributed by atoms with Crippen LogP contribution in [0.3, 0.4) is 0 Å². The van der Waals surface area contributed by atoms with E-state index in [-0.39, 0.29) is 29.9 Å². The lowest BCUT2D eigenvalue weighted by molar-refractivity contribution is -0.140. The van der Waals surface area contributed by atoms with Crippen molar-refractivity contribution in [3.63, 3.8) is 0 Å². The van der Waals surface area contributed by atoms with Crippen molar-refractivity contribution >= 4 is 62.1 Å². The first-order valence-corrected chi connectivity index (χ1v) is 16.6. The molecule has 224 valence electrons. The van der Waals surface area contributed by atoms with E-state index in [1.54, 1.807) is 16.7 Å². The van der Waals surface area contributed by atoms with Gasteiger partial charge in [0.05, 0.1) is 34.3 Å². The minimum absolute atomic E-state index is 0.0178. The van der Waals surface area contributed by atoms with E-state index in [1.165, 1.54) is 0 Å². The zero-order chi connectivity index (χ0) is 29.3. The van der Waals surface area contributed by atoms with E-state index < -0.39 is 5.60 Å². The van der Waals surface area contributed by atoms with Crippen LogP contribution in [0.25, 0.3) is 10.9 Å². The van der Waals surface area contributed by atoms with Crippen molar-refractivity contribution in [3.05, 3.63) is 26.0 Å². The fourth-order valence-corrected chi connectivity index (χ4v) is 8.67. The van der Waals surface area contributed by atoms with E-state index in [9.17, 15) is 9.59 Å². The van der Waals surface area contributed by atoms with E-state index in [0.717, 1.165) is 71.7 Å². The highest BCUT2D eigenvalue weighted by atomic mass is 79.9. The number of ether oxygens (including phenoxy) is 2. The van der Waals surface area contributed by atoms with E-state index in [2.05, 4.69) is 32.7 Å². The van der Waals surface area contributed by atoms with E-state index in [0.29, 0.717) is 29.3 Å². The number of amides is 1. The number of hydrogen-bond donors (Lipinski definition) is 0. The Morgan fingerprint density at radius 1 is 1.22 bits per heavy atom. The van der Waals surface area contributed by atoms with Crippen LogP contribution in [0.1, 0.15) is 53.5 Å². The Balaban J connectivity index is 1.32. The van der Waals surface area contributed by atoms with Crippen molar-refractivity contribution in [2.45, 2.75) is 76.1 Å². The van der Waals surface area contributed by atoms with E-state index >= 15 is 0 Å². The van der Waals surface area contributed by atoms with Crippen molar-refractivity contribution < 1.29 is 14.3 Å². The summed E-state index contributed by atoms with van der Waals surface area (Å²) in [6.45, 7) is 15.3. The van der Waals surface area contributed by atoms with Gasteiger partial charge in [0.2, 0.25) is 0 Å². The standard InChI is InChI=1S/C29H39BrClN5O4S/c1-17-12-35(27(38)40-28(3,4)5)18(2)11-34(17)25-20-10-21(31)22(30)24-23(20)36(26(37)32-25)19(14-41-24)13-33-8-6-29(7-9-33)15-39-16-29/h10,17-19H,6-9,11-16H2,1-5H3/t17-,18+,19-/m0/s1. The van der Waals surface area contributed by atoms with Crippen molar-refractivity contribution in [2.75, 3.05) is 56.6 Å². The second-order valence-corrected chi connectivity index (χ2v) is 15.5. The SMILES string of the molecule is C[C@@H]1CN(c2nc(=O)n3c4c(c(Br)c(Cl)cc24)SC[C@@H]3CN2CCC3(CC2)COC3)[C@@H](C)CN1C(=O)OC(C)(C)C. The normalized spacial score (nSPS) is 26.4. The number of nitrogens with zero attached hydrogens (tertiary/aromatic N) is 5. The molecule has 9 nitrogen and oxygen atoms in total. The molecule has 4 aliphatic rings. The van der Waals surface area contributed by atoms with Crippen LogP contribution in [-0.4, -0.2) is 94.8 Å². The molecule has 4 aliphatic heterocycles. The lowest BCUT2D eigenvalue weighted by atomic mass is 9.77. The molecule has 1 spiro atoms. The molecule has 2 aromatic rings. The second kappa shape index (κ2) is 10.9. The van der Waals surface area contributed by atoms with Crippen molar-refractivity contribution in [1.29, 1.82) is 0 Å². The van der Waals surface area contributed by atoms with Gasteiger partial charge in [-0.05, 0) is 82.5 Å². The maximum absolute atomic E-state index is 13.9. The largest absolute Gasteiger partial charge is 0.444 e. The third-order valence-corrected chi connectivity index (χ3v) is 11.8. The maximum Gasteiger partial charge on any atom is 0.410 e. The molecule has 0 bridgehead atoms. The number of piperazine rings is 1. The van der Waals surface area contributed by atoms with Gasteiger partial charge in [0.15, 0.2) is 0 Å². The van der Waals surface area contributed by atoms with Gasteiger partial charge >= 0.3 is 11.8 Å². The molecule has 3 atom stereocenters. The fourth-order valence-electron chi connectivity index (χ4n) is 6.56. The van der Waals surface area contributed by atoms with Crippen LogP contribution in [-0.2, 0) is 9.47 Å². The number of anilines is 1. The number of carbonyl (C=O) groups excluding carboxylic acids is 1. The lowest BCUT2D eigenvalue weighted by Gasteiger charge is -2.48. The van der Waals surface area contributed by atoms with Gasteiger partial charge in [0.25, 0.3) is 0 Å². The summed E-state index contributed by atoms with van der Waals surface area (Å²) in [6, 6.07) is 1.76. The van der Waals surface area contributed by atoms with Crippen molar-refractivity contribution in [3.8, 4) is 0 Å². The molecule has 1 aromatic carbocycles. The Morgan fingerprint density at radius 2 is 1.93 bits per heavy atom. The molecule has 0 saturated carbocycles. The summed E-state index contributed by atoms with van der Waals surface area (Å²) in [5.74, 6) is 1.42. The molecular weight excluding hydrogens is 630 g/mol. The number of hydrogen-bond acceptors (Lipinski definition) is 8. The molecule has 6 rings (SSSR count). The molecular formula is C29H39BrClN5O4S. The van der Waals surface area contributed by atoms with Gasteiger partial charge in [-0.1, -0.05) is 11.6 Å². The smallest absolute Gasteiger partial charge is 0.410 e. The summed E-state index contributed by atoms with van der Waals surface area (Å²) in [5, 5.41) is 1.47. The Labute approximate surface area is 259 Å². The lowest BCUT2D eigenvalue weighted by Crippen LogP contribution is -2.59. The molecule has 0 aliphatic carbocycles. The van der Waals surface area contributed by atoms with Crippen LogP contribution in [0.15, 0.2) is 20.2 Å². The van der Waals surface area contributed by atoms with Gasteiger partial charge in [0, 0.05) is 53.2 Å². The fraction of sp³-hybridized carbons (Fsp3) is 0.690. The van der Waals surface area contributed by atoms with Gasteiger partial charge in [-0.25, -0.2) is 9.59 Å². The molecule has 3 fully saturated rings. The third-order valence-electron chi connectivity index (χ3n) is 8.91. The topological polar surface area (TPSA) is 80.1 Å². The average molecular weight is 669 g/mol. The Kier molecular flexibility index (Phi) is 7.84. The molecule has 3 saturated heterocycles. The highest BCUT2D eigenvalue weighted by Crippen LogP contribution is 2.46. The predicted octanol–water partition coefficient (Wildman–Crippen LogP) is 5.41. The van der Waals surface area contributed by atoms with Crippen molar-refractivity contribution in [1.82, 2.24) is 19.4 Å². The van der Waals surface area contributed by atoms with Crippen LogP contribution in [0.2, 0.25) is 5.02 Å². The first-order chi connectivity index (χ1) is 19.4. The summed E-state index contributed by atoms with van der Waals surface area (Å²) in [7, 11) is 0. The molecule has 41 heavy (non-hydrogen) atoms. The van der Waals surface area contributed by atoms with Gasteiger partial charge in [-0.15, -0.1) is 11.8 Å². The molecule has 5 heterocycles. The monoisotopic (exact) mass is 667 g/mol. The van der Waals surface area contributed by atoms with Gasteiger partial charge in [-0.3, -0.25) is 4.57 Å². The minimum atomic E-state index is -0.566. The molecule has 1 aromatic heterocycles. The van der Waals surface area contributed by atoms with E-state index in [4.69, 9.17) is 26.1 Å². The highest BCUT2D eigenvalue weighted by Gasteiger charge is 2.42. The Morgan fingerprint density at radius 3 is 2.56 bits per heavy atom. The molecule has 12 heteroatoms. The second-order valence-electron chi connectivity index (χ2n) is 13.2.